The Bertz CT molecular complexity index is 2430. The Labute approximate surface area is 253 Å². The number of pyridine rings is 3. The molecule has 1 aliphatic carbocycles. The first kappa shape index (κ1) is 25.4. The van der Waals surface area contributed by atoms with Gasteiger partial charge in [0.15, 0.2) is 12.4 Å². The van der Waals surface area contributed by atoms with Gasteiger partial charge < -0.3 is 0 Å². The summed E-state index contributed by atoms with van der Waals surface area (Å²) in [6.45, 7) is 2.04. The maximum atomic E-state index is 10.5. The van der Waals surface area contributed by atoms with Crippen molar-refractivity contribution < 1.29 is 8.97 Å². The monoisotopic (exact) mass is 562 g/mol. The van der Waals surface area contributed by atoms with Crippen LogP contribution >= 0.6 is 0 Å². The summed E-state index contributed by atoms with van der Waals surface area (Å²) in [6.07, 6.45) is 4.92. The summed E-state index contributed by atoms with van der Waals surface area (Å²) in [7, 11) is 0. The van der Waals surface area contributed by atoms with E-state index in [1.165, 1.54) is 5.56 Å². The summed E-state index contributed by atoms with van der Waals surface area (Å²) in [5.41, 5.74) is 8.94. The minimum Gasteiger partial charge on any atom is -0.192 e. The summed E-state index contributed by atoms with van der Waals surface area (Å²) in [5.74, 6) is -0.234. The zero-order chi connectivity index (χ0) is 30.1. The third-order valence-electron chi connectivity index (χ3n) is 9.28. The molecule has 0 fully saturated rings. The molecule has 3 aromatic carbocycles. The number of nitrogens with zero attached hydrogens (tertiary/aromatic N) is 6. The first-order chi connectivity index (χ1) is 21.6. The summed E-state index contributed by atoms with van der Waals surface area (Å²) < 4.78 is 4.53. The fraction of sp³-hybridized carbons (Fsp3) is 0.105. The van der Waals surface area contributed by atoms with Gasteiger partial charge in [0.1, 0.15) is 24.3 Å². The van der Waals surface area contributed by atoms with Gasteiger partial charge in [-0.15, -0.1) is 0 Å². The SMILES string of the molecule is Cc1ccc2[n+](c1)C1c3c(c4ccccc4c4ccc(-c5ccccc5)c[n+]34)CC1c1c(C#N)c(C#N)c(C#N)c(C#N)c1-2. The first-order valence-electron chi connectivity index (χ1n) is 14.4. The van der Waals surface area contributed by atoms with Crippen molar-refractivity contribution in [1.82, 2.24) is 0 Å². The summed E-state index contributed by atoms with van der Waals surface area (Å²) in [5, 5.41) is 43.5. The molecule has 1 aliphatic heterocycles. The van der Waals surface area contributed by atoms with E-state index >= 15 is 0 Å². The van der Waals surface area contributed by atoms with Crippen LogP contribution in [0, 0.1) is 52.2 Å². The van der Waals surface area contributed by atoms with Gasteiger partial charge in [-0.1, -0.05) is 48.5 Å². The van der Waals surface area contributed by atoms with Crippen molar-refractivity contribution in [1.29, 1.82) is 21.0 Å². The van der Waals surface area contributed by atoms with Crippen LogP contribution < -0.4 is 8.97 Å². The second-order valence-corrected chi connectivity index (χ2v) is 11.4. The number of aryl methyl sites for hydroxylation is 1. The molecule has 0 spiro atoms. The van der Waals surface area contributed by atoms with Gasteiger partial charge >= 0.3 is 0 Å². The maximum Gasteiger partial charge on any atom is 0.261 e. The lowest BCUT2D eigenvalue weighted by atomic mass is 9.76. The van der Waals surface area contributed by atoms with E-state index in [4.69, 9.17) is 0 Å². The molecular formula is C38H22N6+2. The van der Waals surface area contributed by atoms with E-state index in [-0.39, 0.29) is 34.2 Å². The van der Waals surface area contributed by atoms with Crippen molar-refractivity contribution in [3.05, 3.63) is 136 Å². The molecule has 3 aromatic heterocycles. The molecule has 0 N–H and O–H groups in total. The van der Waals surface area contributed by atoms with E-state index in [9.17, 15) is 21.0 Å². The van der Waals surface area contributed by atoms with E-state index in [2.05, 4.69) is 94.2 Å². The number of nitriles is 4. The van der Waals surface area contributed by atoms with Gasteiger partial charge in [-0.2, -0.15) is 30.0 Å². The van der Waals surface area contributed by atoms with Crippen molar-refractivity contribution in [3.63, 3.8) is 0 Å². The molecule has 2 atom stereocenters. The number of rotatable bonds is 1. The smallest absolute Gasteiger partial charge is 0.192 e. The Balaban J connectivity index is 1.55. The van der Waals surface area contributed by atoms with Crippen LogP contribution in [-0.2, 0) is 6.42 Å². The number of hydrogen-bond donors (Lipinski definition) is 0. The molecular weight excluding hydrogens is 540 g/mol. The van der Waals surface area contributed by atoms with Crippen LogP contribution in [0.25, 0.3) is 38.7 Å². The normalized spacial score (nSPS) is 15.7. The molecule has 6 aromatic rings. The number of aromatic nitrogens is 2. The van der Waals surface area contributed by atoms with Crippen molar-refractivity contribution >= 4 is 16.3 Å². The highest BCUT2D eigenvalue weighted by Gasteiger charge is 2.54. The van der Waals surface area contributed by atoms with E-state index in [1.807, 2.05) is 37.3 Å². The summed E-state index contributed by atoms with van der Waals surface area (Å²) in [6, 6.07) is 35.5. The van der Waals surface area contributed by atoms with Crippen LogP contribution in [0.1, 0.15) is 56.6 Å². The zero-order valence-corrected chi connectivity index (χ0v) is 23.7. The largest absolute Gasteiger partial charge is 0.261 e. The second-order valence-electron chi connectivity index (χ2n) is 11.4. The van der Waals surface area contributed by atoms with Crippen LogP contribution in [0.5, 0.6) is 0 Å². The lowest BCUT2D eigenvalue weighted by molar-refractivity contribution is -0.724. The minimum atomic E-state index is -0.234. The highest BCUT2D eigenvalue weighted by molar-refractivity contribution is 5.97. The average Bonchev–Trinajstić information content (AvgIpc) is 3.48. The topological polar surface area (TPSA) is 103 Å². The summed E-state index contributed by atoms with van der Waals surface area (Å²) in [4.78, 5) is 0. The van der Waals surface area contributed by atoms with Crippen LogP contribution in [-0.4, -0.2) is 0 Å². The van der Waals surface area contributed by atoms with Crippen LogP contribution in [0.15, 0.2) is 91.3 Å². The Kier molecular flexibility index (Phi) is 5.38. The molecule has 0 saturated carbocycles. The van der Waals surface area contributed by atoms with Crippen LogP contribution in [0.2, 0.25) is 0 Å². The molecule has 0 amide bonds. The molecule has 0 saturated heterocycles. The highest BCUT2D eigenvalue weighted by atomic mass is 15.1. The standard InChI is InChI=1S/C38H22N6/c1-22-11-13-34-36-32(19-42)30(17-40)29(16-39)31(18-41)35(36)28-15-27-25-9-5-6-10-26(25)33-14-12-24(23-7-3-2-4-8-23)21-44(33)37(27)38(28)43(34)20-22/h2-14,20-21,28,38H,15H2,1H3/q+2. The highest BCUT2D eigenvalue weighted by Crippen LogP contribution is 2.52. The van der Waals surface area contributed by atoms with E-state index in [0.717, 1.165) is 44.4 Å². The molecule has 2 aliphatic rings. The number of hydrogen-bond acceptors (Lipinski definition) is 4. The molecule has 0 radical (unpaired) electrons. The molecule has 0 bridgehead atoms. The first-order valence-corrected chi connectivity index (χ1v) is 14.4. The molecule has 8 rings (SSSR count). The summed E-state index contributed by atoms with van der Waals surface area (Å²) >= 11 is 0. The zero-order valence-electron chi connectivity index (χ0n) is 23.7. The van der Waals surface area contributed by atoms with Crippen LogP contribution in [0.3, 0.4) is 0 Å². The fourth-order valence-corrected chi connectivity index (χ4v) is 7.55. The third kappa shape index (κ3) is 3.26. The number of benzene rings is 3. The predicted octanol–water partition coefficient (Wildman–Crippen LogP) is 6.24. The van der Waals surface area contributed by atoms with E-state index in [1.54, 1.807) is 0 Å². The minimum absolute atomic E-state index is 0.0192. The van der Waals surface area contributed by atoms with Gasteiger partial charge in [-0.25, -0.2) is 0 Å². The second kappa shape index (κ2) is 9.34. The van der Waals surface area contributed by atoms with E-state index in [0.29, 0.717) is 17.5 Å². The number of fused-ring (bicyclic) bond motifs is 13. The molecule has 4 heterocycles. The van der Waals surface area contributed by atoms with Gasteiger partial charge in [0, 0.05) is 28.8 Å². The van der Waals surface area contributed by atoms with Crippen molar-refractivity contribution in [3.8, 4) is 46.7 Å². The van der Waals surface area contributed by atoms with Gasteiger partial charge in [-0.05, 0) is 48.1 Å². The van der Waals surface area contributed by atoms with Crippen molar-refractivity contribution in [2.24, 2.45) is 0 Å². The van der Waals surface area contributed by atoms with Gasteiger partial charge in [0.2, 0.25) is 17.3 Å². The van der Waals surface area contributed by atoms with Crippen molar-refractivity contribution in [2.75, 3.05) is 0 Å². The van der Waals surface area contributed by atoms with Crippen LogP contribution in [0.4, 0.5) is 0 Å². The Hall–Kier alpha value is -6.34. The van der Waals surface area contributed by atoms with Crippen molar-refractivity contribution in [2.45, 2.75) is 25.3 Å². The lowest BCUT2D eigenvalue weighted by Gasteiger charge is -2.27. The Morgan fingerprint density at radius 2 is 1.34 bits per heavy atom. The molecule has 6 nitrogen and oxygen atoms in total. The molecule has 44 heavy (non-hydrogen) atoms. The van der Waals surface area contributed by atoms with E-state index < -0.39 is 0 Å². The van der Waals surface area contributed by atoms with Gasteiger partial charge in [-0.3, -0.25) is 0 Å². The third-order valence-corrected chi connectivity index (χ3v) is 9.28. The van der Waals surface area contributed by atoms with Gasteiger partial charge in [0.05, 0.1) is 39.1 Å². The fourth-order valence-electron chi connectivity index (χ4n) is 7.55. The lowest BCUT2D eigenvalue weighted by Crippen LogP contribution is -2.50. The molecule has 202 valence electrons. The molecule has 6 heteroatoms. The molecule has 2 unspecified atom stereocenters. The average molecular weight is 563 g/mol. The maximum absolute atomic E-state index is 10.5. The predicted molar refractivity (Wildman–Crippen MR) is 163 cm³/mol. The Morgan fingerprint density at radius 3 is 2.07 bits per heavy atom. The Morgan fingerprint density at radius 1 is 0.659 bits per heavy atom. The quantitative estimate of drug-likeness (QED) is 0.175. The van der Waals surface area contributed by atoms with Gasteiger partial charge in [0.25, 0.3) is 5.69 Å².